The van der Waals surface area contributed by atoms with Crippen LogP contribution in [-0.2, 0) is 0 Å². The van der Waals surface area contributed by atoms with Gasteiger partial charge in [0.2, 0.25) is 0 Å². The zero-order chi connectivity index (χ0) is 13.7. The van der Waals surface area contributed by atoms with Crippen LogP contribution in [0, 0.1) is 5.92 Å². The van der Waals surface area contributed by atoms with Gasteiger partial charge in [-0.25, -0.2) is 0 Å². The molecular formula is C14H20N2O3. The number of carbonyl (C=O) groups excluding carboxylic acids is 1. The molecule has 1 aliphatic heterocycles. The standard InChI is InChI=1S/C14H20N2O3/c1-2-19-12-5-3-10(4-6-12)14(18)16-8-11-7-15-9-13(11)17/h3-6,11,13,15,17H,2,7-9H2,1H3,(H,16,18). The molecule has 1 aliphatic rings. The van der Waals surface area contributed by atoms with Gasteiger partial charge >= 0.3 is 0 Å². The van der Waals surface area contributed by atoms with E-state index in [1.54, 1.807) is 24.3 Å². The van der Waals surface area contributed by atoms with Gasteiger partial charge in [0.25, 0.3) is 5.91 Å². The maximum Gasteiger partial charge on any atom is 0.251 e. The van der Waals surface area contributed by atoms with E-state index in [1.807, 2.05) is 6.92 Å². The fourth-order valence-electron chi connectivity index (χ4n) is 2.12. The summed E-state index contributed by atoms with van der Waals surface area (Å²) in [4.78, 5) is 11.9. The van der Waals surface area contributed by atoms with E-state index in [2.05, 4.69) is 10.6 Å². The number of aliphatic hydroxyl groups excluding tert-OH is 1. The molecule has 0 aromatic heterocycles. The van der Waals surface area contributed by atoms with E-state index in [0.29, 0.717) is 25.3 Å². The summed E-state index contributed by atoms with van der Waals surface area (Å²) in [5.74, 6) is 0.725. The van der Waals surface area contributed by atoms with Gasteiger partial charge < -0.3 is 20.5 Å². The first-order valence-corrected chi connectivity index (χ1v) is 6.60. The van der Waals surface area contributed by atoms with Crippen LogP contribution in [0.4, 0.5) is 0 Å². The second-order valence-corrected chi connectivity index (χ2v) is 4.65. The summed E-state index contributed by atoms with van der Waals surface area (Å²) in [7, 11) is 0. The molecular weight excluding hydrogens is 244 g/mol. The number of amides is 1. The molecule has 1 aromatic rings. The van der Waals surface area contributed by atoms with Gasteiger partial charge in [0, 0.05) is 31.1 Å². The highest BCUT2D eigenvalue weighted by molar-refractivity contribution is 5.94. The lowest BCUT2D eigenvalue weighted by molar-refractivity contribution is 0.0927. The minimum Gasteiger partial charge on any atom is -0.494 e. The molecule has 1 fully saturated rings. The highest BCUT2D eigenvalue weighted by Crippen LogP contribution is 2.12. The first-order chi connectivity index (χ1) is 9.20. The van der Waals surface area contributed by atoms with Gasteiger partial charge in [0.15, 0.2) is 0 Å². The van der Waals surface area contributed by atoms with Gasteiger partial charge in [-0.05, 0) is 31.2 Å². The van der Waals surface area contributed by atoms with Crippen LogP contribution in [-0.4, -0.2) is 43.4 Å². The van der Waals surface area contributed by atoms with E-state index in [-0.39, 0.29) is 17.9 Å². The Bertz CT molecular complexity index is 419. The molecule has 1 saturated heterocycles. The number of aliphatic hydroxyl groups is 1. The van der Waals surface area contributed by atoms with Crippen molar-refractivity contribution in [1.82, 2.24) is 10.6 Å². The Morgan fingerprint density at radius 2 is 2.16 bits per heavy atom. The van der Waals surface area contributed by atoms with Crippen LogP contribution in [0.15, 0.2) is 24.3 Å². The van der Waals surface area contributed by atoms with Crippen molar-refractivity contribution in [1.29, 1.82) is 0 Å². The monoisotopic (exact) mass is 264 g/mol. The number of hydrogen-bond acceptors (Lipinski definition) is 4. The normalized spacial score (nSPS) is 22.2. The van der Waals surface area contributed by atoms with Gasteiger partial charge in [0.1, 0.15) is 5.75 Å². The fourth-order valence-corrected chi connectivity index (χ4v) is 2.12. The van der Waals surface area contributed by atoms with Crippen LogP contribution >= 0.6 is 0 Å². The minimum absolute atomic E-state index is 0.0895. The number of benzene rings is 1. The Morgan fingerprint density at radius 1 is 1.42 bits per heavy atom. The summed E-state index contributed by atoms with van der Waals surface area (Å²) < 4.78 is 5.32. The molecule has 2 atom stereocenters. The topological polar surface area (TPSA) is 70.6 Å². The Hall–Kier alpha value is -1.59. The predicted molar refractivity (Wildman–Crippen MR) is 72.3 cm³/mol. The average Bonchev–Trinajstić information content (AvgIpc) is 2.83. The van der Waals surface area contributed by atoms with Crippen LogP contribution in [0.5, 0.6) is 5.75 Å². The van der Waals surface area contributed by atoms with Crippen LogP contribution in [0.25, 0.3) is 0 Å². The molecule has 1 amide bonds. The lowest BCUT2D eigenvalue weighted by Gasteiger charge is -2.14. The number of rotatable bonds is 5. The smallest absolute Gasteiger partial charge is 0.251 e. The summed E-state index contributed by atoms with van der Waals surface area (Å²) >= 11 is 0. The zero-order valence-corrected chi connectivity index (χ0v) is 11.1. The van der Waals surface area contributed by atoms with Crippen LogP contribution in [0.3, 0.4) is 0 Å². The molecule has 1 aromatic carbocycles. The van der Waals surface area contributed by atoms with Gasteiger partial charge in [-0.3, -0.25) is 4.79 Å². The van der Waals surface area contributed by atoms with Crippen molar-refractivity contribution in [2.75, 3.05) is 26.2 Å². The first-order valence-electron chi connectivity index (χ1n) is 6.60. The molecule has 0 bridgehead atoms. The van der Waals surface area contributed by atoms with E-state index in [9.17, 15) is 9.90 Å². The van der Waals surface area contributed by atoms with Crippen LogP contribution < -0.4 is 15.4 Å². The second kappa shape index (κ2) is 6.54. The number of ether oxygens (including phenoxy) is 1. The van der Waals surface area contributed by atoms with Crippen molar-refractivity contribution in [3.8, 4) is 5.75 Å². The van der Waals surface area contributed by atoms with E-state index >= 15 is 0 Å². The number of hydrogen-bond donors (Lipinski definition) is 3. The third-order valence-corrected chi connectivity index (χ3v) is 3.26. The summed E-state index contributed by atoms with van der Waals surface area (Å²) in [5, 5.41) is 15.6. The molecule has 2 rings (SSSR count). The first kappa shape index (κ1) is 13.8. The summed E-state index contributed by atoms with van der Waals surface area (Å²) in [6.45, 7) is 4.36. The Kier molecular flexibility index (Phi) is 4.76. The molecule has 0 aliphatic carbocycles. The van der Waals surface area contributed by atoms with E-state index < -0.39 is 0 Å². The molecule has 5 nitrogen and oxygen atoms in total. The molecule has 0 saturated carbocycles. The van der Waals surface area contributed by atoms with Gasteiger partial charge in [-0.1, -0.05) is 0 Å². The number of carbonyl (C=O) groups is 1. The third kappa shape index (κ3) is 3.68. The molecule has 19 heavy (non-hydrogen) atoms. The molecule has 1 heterocycles. The highest BCUT2D eigenvalue weighted by atomic mass is 16.5. The molecule has 0 radical (unpaired) electrons. The summed E-state index contributed by atoms with van der Waals surface area (Å²) in [6.07, 6.45) is -0.374. The van der Waals surface area contributed by atoms with Crippen LogP contribution in [0.2, 0.25) is 0 Å². The molecule has 3 N–H and O–H groups in total. The van der Waals surface area contributed by atoms with E-state index in [4.69, 9.17) is 4.74 Å². The largest absolute Gasteiger partial charge is 0.494 e. The van der Waals surface area contributed by atoms with Crippen molar-refractivity contribution < 1.29 is 14.6 Å². The van der Waals surface area contributed by atoms with Crippen molar-refractivity contribution in [2.45, 2.75) is 13.0 Å². The number of nitrogens with one attached hydrogen (secondary N) is 2. The molecule has 104 valence electrons. The quantitative estimate of drug-likeness (QED) is 0.720. The van der Waals surface area contributed by atoms with E-state index in [1.165, 1.54) is 0 Å². The third-order valence-electron chi connectivity index (χ3n) is 3.26. The fraction of sp³-hybridized carbons (Fsp3) is 0.500. The van der Waals surface area contributed by atoms with Crippen LogP contribution in [0.1, 0.15) is 17.3 Å². The SMILES string of the molecule is CCOc1ccc(C(=O)NCC2CNCC2O)cc1. The predicted octanol–water partition coefficient (Wildman–Crippen LogP) is 0.395. The Balaban J connectivity index is 1.85. The van der Waals surface area contributed by atoms with Crippen molar-refractivity contribution in [3.63, 3.8) is 0 Å². The van der Waals surface area contributed by atoms with Gasteiger partial charge in [-0.2, -0.15) is 0 Å². The summed E-state index contributed by atoms with van der Waals surface area (Å²) in [5.41, 5.74) is 0.601. The Labute approximate surface area is 113 Å². The lowest BCUT2D eigenvalue weighted by atomic mass is 10.1. The van der Waals surface area contributed by atoms with Gasteiger partial charge in [0.05, 0.1) is 12.7 Å². The van der Waals surface area contributed by atoms with Gasteiger partial charge in [-0.15, -0.1) is 0 Å². The van der Waals surface area contributed by atoms with E-state index in [0.717, 1.165) is 12.3 Å². The van der Waals surface area contributed by atoms with Crippen molar-refractivity contribution >= 4 is 5.91 Å². The minimum atomic E-state index is -0.374. The molecule has 5 heteroatoms. The molecule has 0 spiro atoms. The summed E-state index contributed by atoms with van der Waals surface area (Å²) in [6, 6.07) is 7.04. The second-order valence-electron chi connectivity index (χ2n) is 4.65. The highest BCUT2D eigenvalue weighted by Gasteiger charge is 2.25. The van der Waals surface area contributed by atoms with Crippen molar-refractivity contribution in [3.05, 3.63) is 29.8 Å². The average molecular weight is 264 g/mol. The molecule has 2 unspecified atom stereocenters. The Morgan fingerprint density at radius 3 is 2.74 bits per heavy atom. The zero-order valence-electron chi connectivity index (χ0n) is 11.1. The number of β-amino-alcohol motifs (C(OH)–C–C–N with tert-alkyl or cyclic N) is 1. The maximum absolute atomic E-state index is 11.9. The lowest BCUT2D eigenvalue weighted by Crippen LogP contribution is -2.34. The van der Waals surface area contributed by atoms with Crippen molar-refractivity contribution in [2.24, 2.45) is 5.92 Å². The maximum atomic E-state index is 11.9.